The quantitative estimate of drug-likeness (QED) is 0.778. The molecular formula is C15H19NO. The molecule has 2 heteroatoms. The molecule has 17 heavy (non-hydrogen) atoms. The van der Waals surface area contributed by atoms with Gasteiger partial charge in [0, 0.05) is 18.2 Å². The summed E-state index contributed by atoms with van der Waals surface area (Å²) in [4.78, 5) is 0. The summed E-state index contributed by atoms with van der Waals surface area (Å²) >= 11 is 0. The number of hydrogen-bond donors (Lipinski definition) is 2. The highest BCUT2D eigenvalue weighted by molar-refractivity contribution is 5.35. The number of terminal acetylenes is 1. The van der Waals surface area contributed by atoms with E-state index in [-0.39, 0.29) is 12.1 Å². The van der Waals surface area contributed by atoms with Crippen molar-refractivity contribution in [3.63, 3.8) is 0 Å². The van der Waals surface area contributed by atoms with E-state index in [0.717, 1.165) is 31.4 Å². The van der Waals surface area contributed by atoms with Crippen molar-refractivity contribution >= 4 is 0 Å². The third-order valence-corrected chi connectivity index (χ3v) is 3.39. The van der Waals surface area contributed by atoms with Gasteiger partial charge in [-0.25, -0.2) is 0 Å². The molecule has 1 saturated carbocycles. The van der Waals surface area contributed by atoms with Crippen molar-refractivity contribution in [1.82, 2.24) is 5.32 Å². The molecule has 1 aromatic rings. The van der Waals surface area contributed by atoms with Gasteiger partial charge in [-0.05, 0) is 30.5 Å². The first-order valence-electron chi connectivity index (χ1n) is 6.26. The molecule has 2 nitrogen and oxygen atoms in total. The van der Waals surface area contributed by atoms with Crippen LogP contribution in [0.25, 0.3) is 0 Å². The lowest BCUT2D eigenvalue weighted by Crippen LogP contribution is -2.41. The Balaban J connectivity index is 1.90. The molecule has 1 aliphatic rings. The lowest BCUT2D eigenvalue weighted by atomic mass is 9.92. The van der Waals surface area contributed by atoms with Gasteiger partial charge in [0.1, 0.15) is 0 Å². The van der Waals surface area contributed by atoms with Gasteiger partial charge in [-0.2, -0.15) is 0 Å². The van der Waals surface area contributed by atoms with Crippen molar-refractivity contribution in [3.8, 4) is 12.3 Å². The van der Waals surface area contributed by atoms with Gasteiger partial charge in [0.2, 0.25) is 0 Å². The summed E-state index contributed by atoms with van der Waals surface area (Å²) in [7, 11) is 0. The second-order valence-electron chi connectivity index (χ2n) is 4.68. The van der Waals surface area contributed by atoms with E-state index in [0.29, 0.717) is 0 Å². The van der Waals surface area contributed by atoms with Crippen LogP contribution in [0.2, 0.25) is 0 Å². The summed E-state index contributed by atoms with van der Waals surface area (Å²) in [5.41, 5.74) is 2.09. The number of hydrogen-bond acceptors (Lipinski definition) is 2. The molecule has 1 aromatic carbocycles. The van der Waals surface area contributed by atoms with Gasteiger partial charge in [-0.15, -0.1) is 6.42 Å². The molecule has 0 radical (unpaired) electrons. The van der Waals surface area contributed by atoms with Gasteiger partial charge in [-0.3, -0.25) is 0 Å². The summed E-state index contributed by atoms with van der Waals surface area (Å²) in [6.45, 7) is 0.775. The molecular weight excluding hydrogens is 210 g/mol. The van der Waals surface area contributed by atoms with Crippen molar-refractivity contribution in [2.75, 3.05) is 0 Å². The molecule has 0 heterocycles. The Morgan fingerprint density at radius 1 is 1.35 bits per heavy atom. The van der Waals surface area contributed by atoms with Crippen molar-refractivity contribution in [3.05, 3.63) is 35.4 Å². The fourth-order valence-electron chi connectivity index (χ4n) is 2.37. The maximum absolute atomic E-state index is 9.85. The highest BCUT2D eigenvalue weighted by Gasteiger charge is 2.21. The molecule has 1 fully saturated rings. The van der Waals surface area contributed by atoms with E-state index >= 15 is 0 Å². The van der Waals surface area contributed by atoms with Crippen LogP contribution in [0.5, 0.6) is 0 Å². The summed E-state index contributed by atoms with van der Waals surface area (Å²) in [5, 5.41) is 13.3. The Morgan fingerprint density at radius 2 is 2.18 bits per heavy atom. The van der Waals surface area contributed by atoms with Gasteiger partial charge >= 0.3 is 0 Å². The van der Waals surface area contributed by atoms with Crippen molar-refractivity contribution in [2.45, 2.75) is 44.4 Å². The van der Waals surface area contributed by atoms with E-state index in [1.54, 1.807) is 0 Å². The lowest BCUT2D eigenvalue weighted by molar-refractivity contribution is 0.0902. The molecule has 0 unspecified atom stereocenters. The molecule has 90 valence electrons. The van der Waals surface area contributed by atoms with Crippen LogP contribution >= 0.6 is 0 Å². The van der Waals surface area contributed by atoms with Gasteiger partial charge in [0.05, 0.1) is 6.10 Å². The number of nitrogens with one attached hydrogen (secondary N) is 1. The Kier molecular flexibility index (Phi) is 4.19. The maximum Gasteiger partial charge on any atom is 0.0693 e. The molecule has 0 aromatic heterocycles. The minimum atomic E-state index is -0.195. The Hall–Kier alpha value is -1.30. The van der Waals surface area contributed by atoms with E-state index in [2.05, 4.69) is 17.3 Å². The van der Waals surface area contributed by atoms with Crippen molar-refractivity contribution in [2.24, 2.45) is 0 Å². The number of benzene rings is 1. The molecule has 2 atom stereocenters. The average molecular weight is 229 g/mol. The maximum atomic E-state index is 9.85. The zero-order valence-electron chi connectivity index (χ0n) is 10.0. The number of aliphatic hydroxyl groups excluding tert-OH is 1. The smallest absolute Gasteiger partial charge is 0.0693 e. The molecule has 1 aliphatic carbocycles. The van der Waals surface area contributed by atoms with E-state index in [4.69, 9.17) is 6.42 Å². The first-order valence-corrected chi connectivity index (χ1v) is 6.26. The lowest BCUT2D eigenvalue weighted by Gasteiger charge is -2.28. The molecule has 2 N–H and O–H groups in total. The van der Waals surface area contributed by atoms with Gasteiger partial charge < -0.3 is 10.4 Å². The topological polar surface area (TPSA) is 32.3 Å². The van der Waals surface area contributed by atoms with Gasteiger partial charge in [0.15, 0.2) is 0 Å². The van der Waals surface area contributed by atoms with Crippen LogP contribution in [0, 0.1) is 12.3 Å². The fraction of sp³-hybridized carbons (Fsp3) is 0.467. The highest BCUT2D eigenvalue weighted by Crippen LogP contribution is 2.18. The van der Waals surface area contributed by atoms with E-state index in [9.17, 15) is 5.11 Å². The van der Waals surface area contributed by atoms with Crippen LogP contribution in [-0.4, -0.2) is 17.3 Å². The fourth-order valence-corrected chi connectivity index (χ4v) is 2.37. The van der Waals surface area contributed by atoms with Crippen LogP contribution in [-0.2, 0) is 6.54 Å². The first-order chi connectivity index (χ1) is 8.29. The first kappa shape index (κ1) is 12.2. The molecule has 0 aliphatic heterocycles. The predicted octanol–water partition coefficient (Wildman–Crippen LogP) is 2.06. The van der Waals surface area contributed by atoms with E-state index in [1.165, 1.54) is 12.0 Å². The monoisotopic (exact) mass is 229 g/mol. The highest BCUT2D eigenvalue weighted by atomic mass is 16.3. The summed E-state index contributed by atoms with van der Waals surface area (Å²) in [5.74, 6) is 2.64. The molecule has 0 amide bonds. The Morgan fingerprint density at radius 3 is 2.94 bits per heavy atom. The summed E-state index contributed by atoms with van der Waals surface area (Å²) in [6, 6.07) is 8.21. The Bertz CT molecular complexity index is 408. The third kappa shape index (κ3) is 3.33. The normalized spacial score (nSPS) is 24.2. The zero-order valence-corrected chi connectivity index (χ0v) is 10.0. The van der Waals surface area contributed by atoms with Gasteiger partial charge in [0.25, 0.3) is 0 Å². The number of rotatable bonds is 3. The standard InChI is InChI=1S/C15H19NO/c1-2-12-6-5-7-13(10-12)11-16-14-8-3-4-9-15(14)17/h1,5-7,10,14-17H,3-4,8-9,11H2/t14-,15-/m0/s1. The average Bonchev–Trinajstić information content (AvgIpc) is 2.38. The second kappa shape index (κ2) is 5.86. The van der Waals surface area contributed by atoms with E-state index < -0.39 is 0 Å². The van der Waals surface area contributed by atoms with Crippen molar-refractivity contribution in [1.29, 1.82) is 0 Å². The largest absolute Gasteiger partial charge is 0.392 e. The summed E-state index contributed by atoms with van der Waals surface area (Å²) in [6.07, 6.45) is 9.51. The van der Waals surface area contributed by atoms with Gasteiger partial charge in [-0.1, -0.05) is 30.9 Å². The minimum absolute atomic E-state index is 0.195. The third-order valence-electron chi connectivity index (χ3n) is 3.39. The number of aliphatic hydroxyl groups is 1. The Labute approximate surface area is 103 Å². The molecule has 0 saturated heterocycles. The van der Waals surface area contributed by atoms with Crippen LogP contribution in [0.4, 0.5) is 0 Å². The van der Waals surface area contributed by atoms with E-state index in [1.807, 2.05) is 18.2 Å². The van der Waals surface area contributed by atoms with Crippen LogP contribution < -0.4 is 5.32 Å². The molecule has 0 spiro atoms. The summed E-state index contributed by atoms with van der Waals surface area (Å²) < 4.78 is 0. The predicted molar refractivity (Wildman–Crippen MR) is 69.5 cm³/mol. The SMILES string of the molecule is C#Cc1cccc(CN[C@H]2CCCC[C@@H]2O)c1. The second-order valence-corrected chi connectivity index (χ2v) is 4.68. The molecule has 2 rings (SSSR count). The zero-order chi connectivity index (χ0) is 12.1. The van der Waals surface area contributed by atoms with Crippen LogP contribution in [0.1, 0.15) is 36.8 Å². The molecule has 0 bridgehead atoms. The van der Waals surface area contributed by atoms with Crippen molar-refractivity contribution < 1.29 is 5.11 Å². The van der Waals surface area contributed by atoms with Crippen LogP contribution in [0.15, 0.2) is 24.3 Å². The van der Waals surface area contributed by atoms with Crippen LogP contribution in [0.3, 0.4) is 0 Å². The minimum Gasteiger partial charge on any atom is -0.392 e.